The number of methoxy groups -OCH3 is 4. The first-order valence-electron chi connectivity index (χ1n) is 12.6. The summed E-state index contributed by atoms with van der Waals surface area (Å²) in [5.41, 5.74) is 1.31. The first kappa shape index (κ1) is 27.8. The Morgan fingerprint density at radius 2 is 1.56 bits per heavy atom. The van der Waals surface area contributed by atoms with Crippen molar-refractivity contribution in [2.75, 3.05) is 39.9 Å². The Kier molecular flexibility index (Phi) is 7.71. The van der Waals surface area contributed by atoms with Crippen molar-refractivity contribution in [1.29, 1.82) is 0 Å². The summed E-state index contributed by atoms with van der Waals surface area (Å²) in [4.78, 5) is 33.3. The van der Waals surface area contributed by atoms with Crippen LogP contribution in [0, 0.1) is 0 Å². The second-order valence-electron chi connectivity index (χ2n) is 8.92. The van der Waals surface area contributed by atoms with Crippen LogP contribution in [0.5, 0.6) is 28.7 Å². The molecular weight excluding hydrogens is 548 g/mol. The monoisotopic (exact) mass is 576 g/mol. The molecule has 5 rings (SSSR count). The van der Waals surface area contributed by atoms with E-state index >= 15 is 0 Å². The number of benzene rings is 3. The molecule has 1 aliphatic rings. The van der Waals surface area contributed by atoms with E-state index in [1.54, 1.807) is 48.5 Å². The molecular formula is C30H28N2O8S. The number of Topliss-reactive ketones (excluding diaryl/α,β-unsaturated/α-hetero) is 1. The maximum Gasteiger partial charge on any atom is 0.301 e. The average molecular weight is 577 g/mol. The number of aromatic nitrogens is 1. The van der Waals surface area contributed by atoms with Crippen molar-refractivity contribution in [1.82, 2.24) is 4.98 Å². The summed E-state index contributed by atoms with van der Waals surface area (Å²) in [6, 6.07) is 14.2. The third-order valence-electron chi connectivity index (χ3n) is 6.68. The zero-order chi connectivity index (χ0) is 29.3. The van der Waals surface area contributed by atoms with Crippen LogP contribution in [-0.2, 0) is 9.59 Å². The fourth-order valence-electron chi connectivity index (χ4n) is 4.76. The Balaban J connectivity index is 1.75. The van der Waals surface area contributed by atoms with Gasteiger partial charge in [0, 0.05) is 5.56 Å². The van der Waals surface area contributed by atoms with E-state index in [-0.39, 0.29) is 16.5 Å². The summed E-state index contributed by atoms with van der Waals surface area (Å²) in [6.07, 6.45) is 0. The van der Waals surface area contributed by atoms with E-state index in [9.17, 15) is 14.7 Å². The summed E-state index contributed by atoms with van der Waals surface area (Å²) in [6.45, 7) is 2.39. The second-order valence-corrected chi connectivity index (χ2v) is 9.92. The van der Waals surface area contributed by atoms with Crippen LogP contribution in [0.3, 0.4) is 0 Å². The number of thiazole rings is 1. The van der Waals surface area contributed by atoms with E-state index in [0.29, 0.717) is 52.0 Å². The van der Waals surface area contributed by atoms with Gasteiger partial charge in [-0.2, -0.15) is 0 Å². The van der Waals surface area contributed by atoms with Crippen LogP contribution in [0.15, 0.2) is 60.2 Å². The van der Waals surface area contributed by atoms with Crippen LogP contribution in [0.4, 0.5) is 5.13 Å². The van der Waals surface area contributed by atoms with Crippen LogP contribution in [0.2, 0.25) is 0 Å². The predicted molar refractivity (Wildman–Crippen MR) is 155 cm³/mol. The number of carbonyl (C=O) groups excluding carboxylic acids is 2. The van der Waals surface area contributed by atoms with Gasteiger partial charge < -0.3 is 28.8 Å². The van der Waals surface area contributed by atoms with E-state index in [4.69, 9.17) is 23.7 Å². The van der Waals surface area contributed by atoms with Gasteiger partial charge in [-0.1, -0.05) is 11.3 Å². The third kappa shape index (κ3) is 4.89. The molecule has 11 heteroatoms. The molecule has 10 nitrogen and oxygen atoms in total. The van der Waals surface area contributed by atoms with E-state index in [1.807, 2.05) is 13.0 Å². The quantitative estimate of drug-likeness (QED) is 0.160. The van der Waals surface area contributed by atoms with Crippen LogP contribution in [-0.4, -0.2) is 56.8 Å². The Morgan fingerprint density at radius 1 is 0.902 bits per heavy atom. The second kappa shape index (κ2) is 11.4. The van der Waals surface area contributed by atoms with Crippen LogP contribution in [0.1, 0.15) is 24.1 Å². The Bertz CT molecular complexity index is 1640. The Labute approximate surface area is 240 Å². The molecule has 2 heterocycles. The number of hydrogen-bond donors (Lipinski definition) is 1. The molecule has 212 valence electrons. The maximum absolute atomic E-state index is 13.7. The minimum Gasteiger partial charge on any atom is -0.507 e. The molecule has 3 aromatic carbocycles. The highest BCUT2D eigenvalue weighted by Gasteiger charge is 2.48. The number of ketones is 1. The lowest BCUT2D eigenvalue weighted by molar-refractivity contribution is -0.132. The largest absolute Gasteiger partial charge is 0.507 e. The van der Waals surface area contributed by atoms with Gasteiger partial charge in [-0.15, -0.1) is 0 Å². The first-order valence-corrected chi connectivity index (χ1v) is 13.5. The van der Waals surface area contributed by atoms with Crippen LogP contribution < -0.4 is 28.6 Å². The zero-order valence-corrected chi connectivity index (χ0v) is 23.9. The number of rotatable bonds is 9. The molecule has 0 radical (unpaired) electrons. The lowest BCUT2D eigenvalue weighted by Gasteiger charge is -2.24. The molecule has 0 saturated carbocycles. The SMILES string of the molecule is CCOc1ccc2nc(N3C(=O)C(=O)C(=C(O)c4ccc(OC)cc4)C3c3cc(OC)c(OC)c(OC)c3)sc2c1. The maximum atomic E-state index is 13.7. The van der Waals surface area contributed by atoms with Crippen molar-refractivity contribution in [3.8, 4) is 28.7 Å². The van der Waals surface area contributed by atoms with E-state index in [0.717, 1.165) is 4.70 Å². The lowest BCUT2D eigenvalue weighted by Crippen LogP contribution is -2.29. The molecule has 0 bridgehead atoms. The summed E-state index contributed by atoms with van der Waals surface area (Å²) in [7, 11) is 5.95. The number of ether oxygens (including phenoxy) is 5. The molecule has 1 unspecified atom stereocenters. The highest BCUT2D eigenvalue weighted by Crippen LogP contribution is 2.48. The molecule has 0 spiro atoms. The van der Waals surface area contributed by atoms with Gasteiger partial charge in [0.2, 0.25) is 5.75 Å². The number of fused-ring (bicyclic) bond motifs is 1. The van der Waals surface area contributed by atoms with Crippen molar-refractivity contribution >= 4 is 44.1 Å². The molecule has 1 amide bonds. The first-order chi connectivity index (χ1) is 19.8. The van der Waals surface area contributed by atoms with Crippen molar-refractivity contribution < 1.29 is 38.4 Å². The lowest BCUT2D eigenvalue weighted by atomic mass is 9.94. The number of aliphatic hydroxyl groups is 1. The molecule has 1 fully saturated rings. The van der Waals surface area contributed by atoms with Gasteiger partial charge in [-0.05, 0) is 67.1 Å². The van der Waals surface area contributed by atoms with Gasteiger partial charge in [-0.25, -0.2) is 4.98 Å². The molecule has 1 saturated heterocycles. The summed E-state index contributed by atoms with van der Waals surface area (Å²) < 4.78 is 28.2. The van der Waals surface area contributed by atoms with E-state index < -0.39 is 17.7 Å². The van der Waals surface area contributed by atoms with Gasteiger partial charge in [-0.3, -0.25) is 14.5 Å². The summed E-state index contributed by atoms with van der Waals surface area (Å²) in [5.74, 6) is 0.197. The standard InChI is InChI=1S/C30H28N2O8S/c1-6-40-19-11-12-20-23(15-19)41-30(31-20)32-25(17-13-21(37-3)28(39-5)22(14-17)38-4)24(27(34)29(32)35)26(33)16-7-9-18(36-2)10-8-16/h7-15,25,33H,6H2,1-5H3. The molecule has 0 aliphatic carbocycles. The van der Waals surface area contributed by atoms with E-state index in [2.05, 4.69) is 4.98 Å². The molecule has 41 heavy (non-hydrogen) atoms. The molecule has 4 aromatic rings. The summed E-state index contributed by atoms with van der Waals surface area (Å²) in [5, 5.41) is 11.8. The number of aliphatic hydroxyl groups excluding tert-OH is 1. The van der Waals surface area contributed by atoms with Crippen molar-refractivity contribution in [2.45, 2.75) is 13.0 Å². The van der Waals surface area contributed by atoms with Crippen LogP contribution in [0.25, 0.3) is 16.0 Å². The van der Waals surface area contributed by atoms with Gasteiger partial charge in [0.1, 0.15) is 17.3 Å². The van der Waals surface area contributed by atoms with Gasteiger partial charge in [0.25, 0.3) is 5.78 Å². The smallest absolute Gasteiger partial charge is 0.301 e. The van der Waals surface area contributed by atoms with Crippen molar-refractivity contribution in [2.24, 2.45) is 0 Å². The third-order valence-corrected chi connectivity index (χ3v) is 7.69. The van der Waals surface area contributed by atoms with Crippen LogP contribution >= 0.6 is 11.3 Å². The number of nitrogens with zero attached hydrogens (tertiary/aromatic N) is 2. The number of anilines is 1. The predicted octanol–water partition coefficient (Wildman–Crippen LogP) is 5.36. The normalized spacial score (nSPS) is 16.2. The van der Waals surface area contributed by atoms with Gasteiger partial charge in [0.15, 0.2) is 16.6 Å². The molecule has 1 atom stereocenters. The summed E-state index contributed by atoms with van der Waals surface area (Å²) >= 11 is 1.23. The van der Waals surface area contributed by atoms with Gasteiger partial charge >= 0.3 is 5.91 Å². The highest BCUT2D eigenvalue weighted by atomic mass is 32.1. The number of hydrogen-bond acceptors (Lipinski definition) is 10. The molecule has 1 aliphatic heterocycles. The topological polar surface area (TPSA) is 117 Å². The molecule has 1 aromatic heterocycles. The fourth-order valence-corrected chi connectivity index (χ4v) is 5.78. The van der Waals surface area contributed by atoms with Crippen molar-refractivity contribution in [3.63, 3.8) is 0 Å². The highest BCUT2D eigenvalue weighted by molar-refractivity contribution is 7.22. The minimum absolute atomic E-state index is 0.108. The number of carbonyl (C=O) groups is 2. The zero-order valence-electron chi connectivity index (χ0n) is 23.1. The Morgan fingerprint density at radius 3 is 2.15 bits per heavy atom. The van der Waals surface area contributed by atoms with Gasteiger partial charge in [0.05, 0.1) is 56.9 Å². The minimum atomic E-state index is -1.06. The Hall–Kier alpha value is -4.77. The molecule has 1 N–H and O–H groups in total. The number of amides is 1. The van der Waals surface area contributed by atoms with E-state index in [1.165, 1.54) is 44.7 Å². The average Bonchev–Trinajstić information content (AvgIpc) is 3.53. The fraction of sp³-hybridized carbons (Fsp3) is 0.233. The van der Waals surface area contributed by atoms with Crippen molar-refractivity contribution in [3.05, 3.63) is 71.3 Å².